The summed E-state index contributed by atoms with van der Waals surface area (Å²) in [7, 11) is -4.62. The molecule has 0 aliphatic carbocycles. The van der Waals surface area contributed by atoms with Crippen LogP contribution in [0, 0.1) is 0 Å². The molecule has 0 fully saturated rings. The number of hydrogen-bond acceptors (Lipinski definition) is 4. The maximum Gasteiger partial charge on any atom is 0.416 e. The fraction of sp³-hybridized carbons (Fsp3) is 0.250. The number of allylic oxidation sites excluding steroid dienone is 1. The van der Waals surface area contributed by atoms with Crippen LogP contribution in [0.25, 0.3) is 11.6 Å². The Morgan fingerprint density at radius 3 is 2.37 bits per heavy atom. The van der Waals surface area contributed by atoms with Gasteiger partial charge < -0.3 is 9.84 Å². The molecule has 41 heavy (non-hydrogen) atoms. The third-order valence-electron chi connectivity index (χ3n) is 6.38. The number of hydrogen-bond donors (Lipinski definition) is 1. The molecule has 1 unspecified atom stereocenters. The van der Waals surface area contributed by atoms with Crippen molar-refractivity contribution in [2.75, 3.05) is 10.8 Å². The lowest BCUT2D eigenvalue weighted by Crippen LogP contribution is -2.43. The van der Waals surface area contributed by atoms with Crippen LogP contribution in [0.4, 0.5) is 32.0 Å². The largest absolute Gasteiger partial charge is 0.486 e. The van der Waals surface area contributed by atoms with Crippen LogP contribution in [0.15, 0.2) is 71.6 Å². The van der Waals surface area contributed by atoms with Gasteiger partial charge in [-0.15, -0.1) is 0 Å². The van der Waals surface area contributed by atoms with Gasteiger partial charge in [-0.3, -0.25) is 9.10 Å². The molecule has 1 aliphatic heterocycles. The number of nitrogens with zero attached hydrogens (tertiary/aromatic N) is 1. The lowest BCUT2D eigenvalue weighted by Gasteiger charge is -2.35. The van der Waals surface area contributed by atoms with Crippen molar-refractivity contribution >= 4 is 33.3 Å². The van der Waals surface area contributed by atoms with E-state index in [-0.39, 0.29) is 35.4 Å². The quantitative estimate of drug-likeness (QED) is 0.231. The van der Waals surface area contributed by atoms with Crippen molar-refractivity contribution in [3.63, 3.8) is 0 Å². The number of alkyl halides is 6. The number of rotatable bonds is 7. The molecule has 1 aliphatic rings. The van der Waals surface area contributed by atoms with E-state index in [9.17, 15) is 39.6 Å². The number of anilines is 1. The molecule has 0 radical (unpaired) electrons. The van der Waals surface area contributed by atoms with Gasteiger partial charge in [-0.2, -0.15) is 26.3 Å². The molecule has 1 atom stereocenters. The third-order valence-corrected chi connectivity index (χ3v) is 8.16. The Balaban J connectivity index is 1.80. The molecule has 0 saturated heterocycles. The summed E-state index contributed by atoms with van der Waals surface area (Å²) in [5, 5.41) is 9.06. The Labute approximate surface area is 231 Å². The highest BCUT2D eigenvalue weighted by Gasteiger charge is 2.37. The predicted molar refractivity (Wildman–Crippen MR) is 139 cm³/mol. The summed E-state index contributed by atoms with van der Waals surface area (Å²) in [5.74, 6) is -1.13. The summed E-state index contributed by atoms with van der Waals surface area (Å²) in [6.45, 7) is 1.06. The maximum atomic E-state index is 13.7. The van der Waals surface area contributed by atoms with E-state index in [0.717, 1.165) is 28.6 Å². The van der Waals surface area contributed by atoms with Crippen LogP contribution < -0.4 is 9.04 Å². The average molecular weight is 600 g/mol. The van der Waals surface area contributed by atoms with E-state index in [1.54, 1.807) is 0 Å². The van der Waals surface area contributed by atoms with Crippen molar-refractivity contribution in [1.29, 1.82) is 0 Å². The minimum Gasteiger partial charge on any atom is -0.486 e. The summed E-state index contributed by atoms with van der Waals surface area (Å²) in [5.41, 5.74) is -1.65. The molecule has 0 saturated carbocycles. The smallest absolute Gasteiger partial charge is 0.416 e. The van der Waals surface area contributed by atoms with Crippen molar-refractivity contribution < 1.29 is 49.4 Å². The third kappa shape index (κ3) is 6.67. The molecule has 6 nitrogen and oxygen atoms in total. The second-order valence-electron chi connectivity index (χ2n) is 9.33. The lowest BCUT2D eigenvalue weighted by atomic mass is 9.98. The number of fused-ring (bicyclic) bond motifs is 1. The molecule has 3 aromatic rings. The summed E-state index contributed by atoms with van der Waals surface area (Å²) in [4.78, 5) is 10.5. The molecule has 0 bridgehead atoms. The van der Waals surface area contributed by atoms with Crippen molar-refractivity contribution in [2.45, 2.75) is 43.1 Å². The highest BCUT2D eigenvalue weighted by Crippen LogP contribution is 2.41. The van der Waals surface area contributed by atoms with Crippen molar-refractivity contribution in [3.8, 4) is 5.75 Å². The van der Waals surface area contributed by atoms with E-state index in [1.807, 2.05) is 0 Å². The number of carbonyl (C=O) groups is 1. The van der Waals surface area contributed by atoms with Gasteiger partial charge >= 0.3 is 18.3 Å². The number of carboxylic acids is 1. The topological polar surface area (TPSA) is 83.9 Å². The molecule has 218 valence electrons. The SMILES string of the molecule is CC(=Cc1ccc2c(c1)N(S(=O)(=O)c1cccc(C(F)(F)F)c1)CC(CCC(=O)O)O2)c1ccccc1C(F)(F)F. The van der Waals surface area contributed by atoms with Crippen LogP contribution in [0.2, 0.25) is 0 Å². The van der Waals surface area contributed by atoms with E-state index in [0.29, 0.717) is 11.6 Å². The Morgan fingerprint density at radius 1 is 1.00 bits per heavy atom. The van der Waals surface area contributed by atoms with Crippen molar-refractivity contribution in [1.82, 2.24) is 0 Å². The van der Waals surface area contributed by atoms with E-state index in [4.69, 9.17) is 9.84 Å². The fourth-order valence-electron chi connectivity index (χ4n) is 4.44. The van der Waals surface area contributed by atoms with Gasteiger partial charge in [-0.25, -0.2) is 8.42 Å². The van der Waals surface area contributed by atoms with Gasteiger partial charge in [-0.1, -0.05) is 36.4 Å². The predicted octanol–water partition coefficient (Wildman–Crippen LogP) is 7.11. The number of benzene rings is 3. The molecular weight excluding hydrogens is 576 g/mol. The van der Waals surface area contributed by atoms with Crippen LogP contribution in [-0.4, -0.2) is 32.1 Å². The lowest BCUT2D eigenvalue weighted by molar-refractivity contribution is -0.138. The van der Waals surface area contributed by atoms with Gasteiger partial charge in [0.2, 0.25) is 0 Å². The zero-order valence-electron chi connectivity index (χ0n) is 21.3. The zero-order valence-corrected chi connectivity index (χ0v) is 22.1. The highest BCUT2D eigenvalue weighted by molar-refractivity contribution is 7.92. The molecule has 0 spiro atoms. The fourth-order valence-corrected chi connectivity index (χ4v) is 5.99. The zero-order chi connectivity index (χ0) is 30.2. The summed E-state index contributed by atoms with van der Waals surface area (Å²) in [6, 6.07) is 12.3. The highest BCUT2D eigenvalue weighted by atomic mass is 32.2. The van der Waals surface area contributed by atoms with Gasteiger partial charge in [0.15, 0.2) is 0 Å². The number of sulfonamides is 1. The van der Waals surface area contributed by atoms with Gasteiger partial charge in [0.1, 0.15) is 11.9 Å². The van der Waals surface area contributed by atoms with Gasteiger partial charge in [0.25, 0.3) is 10.0 Å². The molecule has 0 aromatic heterocycles. The number of ether oxygens (including phenoxy) is 1. The van der Waals surface area contributed by atoms with Crippen LogP contribution in [-0.2, 0) is 27.2 Å². The van der Waals surface area contributed by atoms with Gasteiger partial charge in [0, 0.05) is 6.42 Å². The van der Waals surface area contributed by atoms with E-state index >= 15 is 0 Å². The summed E-state index contributed by atoms with van der Waals surface area (Å²) >= 11 is 0. The molecule has 3 aromatic carbocycles. The average Bonchev–Trinajstić information content (AvgIpc) is 2.90. The van der Waals surface area contributed by atoms with E-state index < -0.39 is 57.0 Å². The first-order valence-corrected chi connectivity index (χ1v) is 13.6. The summed E-state index contributed by atoms with van der Waals surface area (Å²) < 4.78 is 115. The summed E-state index contributed by atoms with van der Waals surface area (Å²) in [6.07, 6.45) is -9.37. The maximum absolute atomic E-state index is 13.7. The van der Waals surface area contributed by atoms with E-state index in [1.165, 1.54) is 49.4 Å². The number of carboxylic acid groups (broad SMARTS) is 1. The molecule has 1 N–H and O–H groups in total. The first kappa shape index (κ1) is 30.0. The minimum atomic E-state index is -4.80. The Kier molecular flexibility index (Phi) is 8.12. The number of aliphatic carboxylic acids is 1. The molecule has 13 heteroatoms. The normalized spacial score (nSPS) is 16.2. The Bertz CT molecular complexity index is 1600. The molecule has 1 heterocycles. The van der Waals surface area contributed by atoms with Crippen LogP contribution in [0.5, 0.6) is 5.75 Å². The Hall–Kier alpha value is -4.00. The number of halogens is 6. The van der Waals surface area contributed by atoms with Crippen LogP contribution in [0.1, 0.15) is 42.0 Å². The minimum absolute atomic E-state index is 0.0210. The standard InChI is InChI=1S/C28H23F6NO5S/c1-17(22-7-2-3-8-23(22)28(32,33)34)13-18-9-11-25-24(14-18)35(16-20(40-25)10-12-26(36)37)41(38,39)21-6-4-5-19(15-21)27(29,30)31/h2-9,11,13-15,20H,10,12,16H2,1H3,(H,36,37). The van der Waals surface area contributed by atoms with Crippen molar-refractivity contribution in [3.05, 3.63) is 89.0 Å². The van der Waals surface area contributed by atoms with Gasteiger partial charge in [-0.05, 0) is 66.4 Å². The van der Waals surface area contributed by atoms with E-state index in [2.05, 4.69) is 0 Å². The van der Waals surface area contributed by atoms with Crippen LogP contribution in [0.3, 0.4) is 0 Å². The Morgan fingerprint density at radius 2 is 1.71 bits per heavy atom. The second kappa shape index (κ2) is 11.1. The monoisotopic (exact) mass is 599 g/mol. The van der Waals surface area contributed by atoms with Crippen molar-refractivity contribution in [2.24, 2.45) is 0 Å². The van der Waals surface area contributed by atoms with Gasteiger partial charge in [0.05, 0.1) is 28.3 Å². The first-order chi connectivity index (χ1) is 19.1. The van der Waals surface area contributed by atoms with Crippen LogP contribution >= 0.6 is 0 Å². The second-order valence-corrected chi connectivity index (χ2v) is 11.2. The molecular formula is C28H23F6NO5S. The molecule has 0 amide bonds. The first-order valence-electron chi connectivity index (χ1n) is 12.1. The molecule has 4 rings (SSSR count).